The molecule has 0 radical (unpaired) electrons. The summed E-state index contributed by atoms with van der Waals surface area (Å²) < 4.78 is 15.7. The Labute approximate surface area is 286 Å². The highest BCUT2D eigenvalue weighted by atomic mass is 16.5. The summed E-state index contributed by atoms with van der Waals surface area (Å²) in [4.78, 5) is 13.5. The van der Waals surface area contributed by atoms with E-state index in [4.69, 9.17) is 8.83 Å². The van der Waals surface area contributed by atoms with Gasteiger partial charge in [0, 0.05) is 22.0 Å². The van der Waals surface area contributed by atoms with E-state index in [9.17, 15) is 4.79 Å². The molecule has 0 aliphatic rings. The van der Waals surface area contributed by atoms with Crippen LogP contribution in [0.5, 0.6) is 0 Å². The quantitative estimate of drug-likeness (QED) is 0.187. The minimum Gasteiger partial charge on any atom is -0.425 e. The van der Waals surface area contributed by atoms with E-state index < -0.39 is 5.76 Å². The third kappa shape index (κ3) is 4.45. The Morgan fingerprint density at radius 2 is 0.960 bits per heavy atom. The van der Waals surface area contributed by atoms with Crippen LogP contribution in [0.1, 0.15) is 0 Å². The van der Waals surface area contributed by atoms with Crippen LogP contribution in [-0.2, 0) is 0 Å². The van der Waals surface area contributed by atoms with Crippen LogP contribution in [0.2, 0.25) is 0 Å². The van der Waals surface area contributed by atoms with Gasteiger partial charge >= 0.3 is 11.5 Å². The van der Waals surface area contributed by atoms with E-state index in [0.29, 0.717) is 5.76 Å². The molecule has 4 heterocycles. The van der Waals surface area contributed by atoms with E-state index in [0.717, 1.165) is 66.3 Å². The first-order valence-electron chi connectivity index (χ1n) is 16.6. The number of aromatic nitrogens is 2. The molecule has 10 aromatic rings. The van der Waals surface area contributed by atoms with E-state index in [2.05, 4.69) is 114 Å². The molecule has 0 amide bonds. The monoisotopic (exact) mass is 644 g/mol. The van der Waals surface area contributed by atoms with Crippen molar-refractivity contribution in [1.29, 1.82) is 0 Å². The Bertz CT molecular complexity index is 2930. The molecule has 10 rings (SSSR count). The second kappa shape index (κ2) is 11.1. The van der Waals surface area contributed by atoms with Gasteiger partial charge in [-0.2, -0.15) is 0 Å². The number of hydrogen-bond acceptors (Lipinski definition) is 3. The summed E-state index contributed by atoms with van der Waals surface area (Å²) in [5.74, 6) is 0.380. The van der Waals surface area contributed by atoms with Crippen molar-refractivity contribution in [3.05, 3.63) is 180 Å². The molecule has 0 atom stereocenters. The van der Waals surface area contributed by atoms with Crippen LogP contribution < -0.4 is 5.76 Å². The standard InChI is InChI=1S/C45H28N2O3/c48-45-47-39(23-24-42(47)38-28-43(49-44(38)50-45)30-13-6-2-7-14-30)34-20-22-41-37(27-34)36-26-33(19-21-40(36)46(41)35-17-8-3-9-18-35)32-16-10-15-31(25-32)29-11-4-1-5-12-29/h1-28H. The number of rotatable bonds is 5. The average Bonchev–Trinajstić information content (AvgIpc) is 3.90. The van der Waals surface area contributed by atoms with E-state index >= 15 is 0 Å². The Morgan fingerprint density at radius 1 is 0.400 bits per heavy atom. The summed E-state index contributed by atoms with van der Waals surface area (Å²) in [6.45, 7) is 0. The van der Waals surface area contributed by atoms with Crippen LogP contribution in [0.25, 0.3) is 89.0 Å². The maximum Gasteiger partial charge on any atom is 0.426 e. The summed E-state index contributed by atoms with van der Waals surface area (Å²) in [5.41, 5.74) is 11.3. The first kappa shape index (κ1) is 28.2. The van der Waals surface area contributed by atoms with Crippen molar-refractivity contribution >= 4 is 38.5 Å². The molecule has 6 aromatic carbocycles. The first-order valence-corrected chi connectivity index (χ1v) is 16.6. The van der Waals surface area contributed by atoms with E-state index in [1.165, 1.54) is 11.1 Å². The predicted octanol–water partition coefficient (Wildman–Crippen LogP) is 11.4. The Hall–Kier alpha value is -6.85. The normalized spacial score (nSPS) is 11.7. The molecule has 0 fully saturated rings. The van der Waals surface area contributed by atoms with Crippen LogP contribution in [-0.4, -0.2) is 8.97 Å². The third-order valence-electron chi connectivity index (χ3n) is 9.65. The summed E-state index contributed by atoms with van der Waals surface area (Å²) in [6.07, 6.45) is 0. The first-order chi connectivity index (χ1) is 24.7. The molecule has 236 valence electrons. The molecule has 50 heavy (non-hydrogen) atoms. The van der Waals surface area contributed by atoms with Gasteiger partial charge in [0.1, 0.15) is 5.76 Å². The lowest BCUT2D eigenvalue weighted by Gasteiger charge is -2.09. The minimum atomic E-state index is -0.492. The molecule has 0 aliphatic heterocycles. The van der Waals surface area contributed by atoms with Crippen LogP contribution in [0.3, 0.4) is 0 Å². The van der Waals surface area contributed by atoms with Gasteiger partial charge in [-0.3, -0.25) is 0 Å². The summed E-state index contributed by atoms with van der Waals surface area (Å²) in [7, 11) is 0. The van der Waals surface area contributed by atoms with E-state index in [-0.39, 0.29) is 5.78 Å². The van der Waals surface area contributed by atoms with Crippen molar-refractivity contribution in [2.45, 2.75) is 0 Å². The van der Waals surface area contributed by atoms with Gasteiger partial charge in [0.25, 0.3) is 0 Å². The van der Waals surface area contributed by atoms with Crippen LogP contribution in [0, 0.1) is 0 Å². The maximum absolute atomic E-state index is 13.5. The highest BCUT2D eigenvalue weighted by Crippen LogP contribution is 2.39. The fourth-order valence-corrected chi connectivity index (χ4v) is 7.29. The van der Waals surface area contributed by atoms with Crippen molar-refractivity contribution < 1.29 is 8.83 Å². The van der Waals surface area contributed by atoms with Gasteiger partial charge in [-0.1, -0.05) is 109 Å². The lowest BCUT2D eigenvalue weighted by atomic mass is 9.97. The smallest absolute Gasteiger partial charge is 0.425 e. The number of hydrogen-bond donors (Lipinski definition) is 0. The summed E-state index contributed by atoms with van der Waals surface area (Å²) >= 11 is 0. The second-order valence-electron chi connectivity index (χ2n) is 12.6. The van der Waals surface area contributed by atoms with Crippen LogP contribution in [0.15, 0.2) is 183 Å². The van der Waals surface area contributed by atoms with Gasteiger partial charge < -0.3 is 13.4 Å². The predicted molar refractivity (Wildman–Crippen MR) is 202 cm³/mol. The van der Waals surface area contributed by atoms with Gasteiger partial charge in [-0.25, -0.2) is 9.20 Å². The van der Waals surface area contributed by atoms with E-state index in [1.54, 1.807) is 4.40 Å². The average molecular weight is 645 g/mol. The highest BCUT2D eigenvalue weighted by Gasteiger charge is 2.19. The Balaban J connectivity index is 1.17. The molecule has 5 nitrogen and oxygen atoms in total. The Kier molecular flexibility index (Phi) is 6.26. The molecule has 0 bridgehead atoms. The SMILES string of the molecule is O=c1oc2oc(-c3ccccc3)cc2c2ccc(-c3ccc4c(c3)c3cc(-c5cccc(-c6ccccc6)c5)ccc3n4-c3ccccc3)n12. The van der Waals surface area contributed by atoms with Crippen LogP contribution in [0.4, 0.5) is 0 Å². The van der Waals surface area contributed by atoms with Crippen LogP contribution >= 0.6 is 0 Å². The molecule has 0 unspecified atom stereocenters. The number of furan rings is 1. The molecule has 5 heteroatoms. The molecule has 4 aromatic heterocycles. The summed E-state index contributed by atoms with van der Waals surface area (Å²) in [6, 6.07) is 58.5. The van der Waals surface area contributed by atoms with Gasteiger partial charge in [0.15, 0.2) is 0 Å². The fraction of sp³-hybridized carbons (Fsp3) is 0. The largest absolute Gasteiger partial charge is 0.426 e. The lowest BCUT2D eigenvalue weighted by Crippen LogP contribution is -2.11. The molecule has 0 aliphatic carbocycles. The number of nitrogens with zero attached hydrogens (tertiary/aromatic N) is 2. The zero-order valence-electron chi connectivity index (χ0n) is 26.8. The zero-order valence-corrected chi connectivity index (χ0v) is 26.8. The number of para-hydroxylation sites is 1. The maximum atomic E-state index is 13.5. The number of fused-ring (bicyclic) bond motifs is 6. The van der Waals surface area contributed by atoms with Crippen molar-refractivity contribution in [2.75, 3.05) is 0 Å². The van der Waals surface area contributed by atoms with Crippen molar-refractivity contribution in [3.8, 4) is 50.5 Å². The minimum absolute atomic E-state index is 0.219. The lowest BCUT2D eigenvalue weighted by molar-refractivity contribution is 0.437. The second-order valence-corrected chi connectivity index (χ2v) is 12.6. The van der Waals surface area contributed by atoms with Crippen molar-refractivity contribution in [1.82, 2.24) is 8.97 Å². The summed E-state index contributed by atoms with van der Waals surface area (Å²) in [5, 5.41) is 2.97. The van der Waals surface area contributed by atoms with Gasteiger partial charge in [0.2, 0.25) is 0 Å². The van der Waals surface area contributed by atoms with Crippen molar-refractivity contribution in [2.24, 2.45) is 0 Å². The van der Waals surface area contributed by atoms with Gasteiger partial charge in [0.05, 0.1) is 27.6 Å². The highest BCUT2D eigenvalue weighted by molar-refractivity contribution is 6.11. The molecule has 0 N–H and O–H groups in total. The number of benzene rings is 6. The zero-order chi connectivity index (χ0) is 33.2. The molecule has 0 saturated heterocycles. The Morgan fingerprint density at radius 3 is 1.68 bits per heavy atom. The fourth-order valence-electron chi connectivity index (χ4n) is 7.29. The van der Waals surface area contributed by atoms with E-state index in [1.807, 2.05) is 60.7 Å². The van der Waals surface area contributed by atoms with Crippen molar-refractivity contribution in [3.63, 3.8) is 0 Å². The molecule has 0 saturated carbocycles. The van der Waals surface area contributed by atoms with Gasteiger partial charge in [-0.05, 0) is 88.5 Å². The third-order valence-corrected chi connectivity index (χ3v) is 9.65. The van der Waals surface area contributed by atoms with Gasteiger partial charge in [-0.15, -0.1) is 0 Å². The molecular formula is C45H28N2O3. The molecule has 0 spiro atoms. The topological polar surface area (TPSA) is 52.7 Å². The molecular weight excluding hydrogens is 617 g/mol.